The molecule has 34 heavy (non-hydrogen) atoms. The van der Waals surface area contributed by atoms with Crippen molar-refractivity contribution >= 4 is 17.2 Å². The SMILES string of the molecule is O=c1n(Cc2ccc(C(F)(F)F)nc2)nc2cc(-c3ccc(Cl)cc3)c(-c3ccccc3)nn12. The van der Waals surface area contributed by atoms with E-state index in [4.69, 9.17) is 11.6 Å². The average Bonchev–Trinajstić information content (AvgIpc) is 3.13. The fourth-order valence-electron chi connectivity index (χ4n) is 3.57. The van der Waals surface area contributed by atoms with Crippen molar-refractivity contribution in [1.82, 2.24) is 24.4 Å². The molecule has 2 aromatic carbocycles. The predicted octanol–water partition coefficient (Wildman–Crippen LogP) is 5.34. The summed E-state index contributed by atoms with van der Waals surface area (Å²) in [6.45, 7) is -0.0513. The van der Waals surface area contributed by atoms with E-state index in [1.807, 2.05) is 42.5 Å². The highest BCUT2D eigenvalue weighted by Crippen LogP contribution is 2.31. The largest absolute Gasteiger partial charge is 0.433 e. The Morgan fingerprint density at radius 3 is 2.26 bits per heavy atom. The molecule has 0 spiro atoms. The van der Waals surface area contributed by atoms with Gasteiger partial charge in [0.1, 0.15) is 5.69 Å². The van der Waals surface area contributed by atoms with E-state index >= 15 is 0 Å². The first-order chi connectivity index (χ1) is 16.3. The Balaban J connectivity index is 1.61. The fourth-order valence-corrected chi connectivity index (χ4v) is 3.70. The summed E-state index contributed by atoms with van der Waals surface area (Å²) in [5, 5.41) is 9.51. The molecule has 6 nitrogen and oxygen atoms in total. The van der Waals surface area contributed by atoms with E-state index in [1.54, 1.807) is 18.2 Å². The number of rotatable bonds is 4. The van der Waals surface area contributed by atoms with E-state index in [1.165, 1.54) is 10.6 Å². The van der Waals surface area contributed by atoms with Crippen molar-refractivity contribution < 1.29 is 13.2 Å². The zero-order valence-corrected chi connectivity index (χ0v) is 18.1. The third kappa shape index (κ3) is 4.17. The first-order valence-electron chi connectivity index (χ1n) is 10.1. The van der Waals surface area contributed by atoms with E-state index in [2.05, 4.69) is 15.2 Å². The summed E-state index contributed by atoms with van der Waals surface area (Å²) < 4.78 is 40.7. The molecule has 0 saturated heterocycles. The number of pyridine rings is 1. The van der Waals surface area contributed by atoms with Crippen LogP contribution in [0, 0.1) is 0 Å². The smallest absolute Gasteiger partial charge is 0.251 e. The van der Waals surface area contributed by atoms with E-state index in [9.17, 15) is 18.0 Å². The summed E-state index contributed by atoms with van der Waals surface area (Å²) in [5.74, 6) is 0. The molecule has 0 radical (unpaired) electrons. The summed E-state index contributed by atoms with van der Waals surface area (Å²) in [4.78, 5) is 16.5. The van der Waals surface area contributed by atoms with Gasteiger partial charge in [-0.15, -0.1) is 5.10 Å². The van der Waals surface area contributed by atoms with Crippen LogP contribution >= 0.6 is 11.6 Å². The molecule has 170 valence electrons. The molecule has 0 bridgehead atoms. The molecule has 0 N–H and O–H groups in total. The summed E-state index contributed by atoms with van der Waals surface area (Å²) in [7, 11) is 0. The van der Waals surface area contributed by atoms with Gasteiger partial charge in [-0.05, 0) is 35.4 Å². The second-order valence-corrected chi connectivity index (χ2v) is 7.98. The average molecular weight is 482 g/mol. The van der Waals surface area contributed by atoms with Crippen molar-refractivity contribution in [2.24, 2.45) is 0 Å². The highest BCUT2D eigenvalue weighted by atomic mass is 35.5. The van der Waals surface area contributed by atoms with Gasteiger partial charge in [0.25, 0.3) is 0 Å². The third-order valence-corrected chi connectivity index (χ3v) is 5.47. The maximum Gasteiger partial charge on any atom is 0.433 e. The molecular formula is C24H15ClF3N5O. The minimum atomic E-state index is -4.53. The molecule has 0 saturated carbocycles. The standard InChI is InChI=1S/C24H15ClF3N5O/c25-18-9-7-16(8-10-18)19-12-21-30-32(14-15-6-11-20(29-13-15)24(26,27)28)23(34)33(21)31-22(19)17-4-2-1-3-5-17/h1-13H,14H2. The zero-order valence-electron chi connectivity index (χ0n) is 17.4. The van der Waals surface area contributed by atoms with Crippen LogP contribution in [-0.4, -0.2) is 24.4 Å². The van der Waals surface area contributed by atoms with Crippen molar-refractivity contribution in [2.75, 3.05) is 0 Å². The van der Waals surface area contributed by atoms with Gasteiger partial charge in [0.15, 0.2) is 5.65 Å². The fraction of sp³-hybridized carbons (Fsp3) is 0.0833. The number of nitrogens with zero attached hydrogens (tertiary/aromatic N) is 5. The van der Waals surface area contributed by atoms with Crippen molar-refractivity contribution in [3.05, 3.63) is 106 Å². The Morgan fingerprint density at radius 1 is 0.882 bits per heavy atom. The molecule has 0 unspecified atom stereocenters. The van der Waals surface area contributed by atoms with Crippen LogP contribution in [0.1, 0.15) is 11.3 Å². The normalized spacial score (nSPS) is 11.8. The van der Waals surface area contributed by atoms with Crippen LogP contribution in [0.4, 0.5) is 13.2 Å². The van der Waals surface area contributed by atoms with E-state index < -0.39 is 17.6 Å². The second-order valence-electron chi connectivity index (χ2n) is 7.54. The number of hydrogen-bond donors (Lipinski definition) is 0. The maximum atomic E-state index is 13.0. The molecule has 3 aromatic heterocycles. The molecule has 0 aliphatic rings. The second kappa shape index (κ2) is 8.42. The molecule has 5 aromatic rings. The molecule has 0 amide bonds. The Morgan fingerprint density at radius 2 is 1.62 bits per heavy atom. The number of fused-ring (bicyclic) bond motifs is 1. The molecule has 0 atom stereocenters. The highest BCUT2D eigenvalue weighted by molar-refractivity contribution is 6.30. The lowest BCUT2D eigenvalue weighted by Crippen LogP contribution is -2.23. The van der Waals surface area contributed by atoms with Gasteiger partial charge in [-0.25, -0.2) is 9.48 Å². The van der Waals surface area contributed by atoms with E-state index in [-0.39, 0.29) is 6.54 Å². The Kier molecular flexibility index (Phi) is 5.41. The van der Waals surface area contributed by atoms with Crippen molar-refractivity contribution in [3.8, 4) is 22.4 Å². The first kappa shape index (κ1) is 21.8. The summed E-state index contributed by atoms with van der Waals surface area (Å²) in [5.41, 5.74) is 2.16. The van der Waals surface area contributed by atoms with Gasteiger partial charge in [0.2, 0.25) is 0 Å². The summed E-state index contributed by atoms with van der Waals surface area (Å²) in [6, 6.07) is 20.5. The molecule has 0 fully saturated rings. The topological polar surface area (TPSA) is 65.1 Å². The van der Waals surface area contributed by atoms with Crippen LogP contribution < -0.4 is 5.69 Å². The lowest BCUT2D eigenvalue weighted by Gasteiger charge is -2.09. The number of benzene rings is 2. The lowest BCUT2D eigenvalue weighted by molar-refractivity contribution is -0.141. The first-order valence-corrected chi connectivity index (χ1v) is 10.5. The Bertz CT molecular complexity index is 1530. The number of aromatic nitrogens is 5. The molecule has 10 heteroatoms. The predicted molar refractivity (Wildman–Crippen MR) is 121 cm³/mol. The van der Waals surface area contributed by atoms with Gasteiger partial charge in [0.05, 0.1) is 12.2 Å². The molecular weight excluding hydrogens is 467 g/mol. The Hall–Kier alpha value is -3.98. The Labute approximate surface area is 195 Å². The molecule has 0 aliphatic heterocycles. The third-order valence-electron chi connectivity index (χ3n) is 5.22. The number of halogens is 4. The van der Waals surface area contributed by atoms with Gasteiger partial charge < -0.3 is 0 Å². The van der Waals surface area contributed by atoms with Crippen LogP contribution in [0.5, 0.6) is 0 Å². The van der Waals surface area contributed by atoms with Gasteiger partial charge in [-0.2, -0.15) is 22.8 Å². The molecule has 5 rings (SSSR count). The van der Waals surface area contributed by atoms with Gasteiger partial charge in [-0.3, -0.25) is 4.98 Å². The minimum Gasteiger partial charge on any atom is -0.251 e. The van der Waals surface area contributed by atoms with Crippen LogP contribution in [-0.2, 0) is 12.7 Å². The number of hydrogen-bond acceptors (Lipinski definition) is 4. The monoisotopic (exact) mass is 481 g/mol. The zero-order chi connectivity index (χ0) is 23.9. The van der Waals surface area contributed by atoms with Gasteiger partial charge >= 0.3 is 11.9 Å². The quantitative estimate of drug-likeness (QED) is 0.347. The van der Waals surface area contributed by atoms with Crippen LogP contribution in [0.15, 0.2) is 83.8 Å². The van der Waals surface area contributed by atoms with Gasteiger partial charge in [-0.1, -0.05) is 60.1 Å². The van der Waals surface area contributed by atoms with Crippen LogP contribution in [0.25, 0.3) is 28.0 Å². The highest BCUT2D eigenvalue weighted by Gasteiger charge is 2.32. The van der Waals surface area contributed by atoms with Crippen molar-refractivity contribution in [2.45, 2.75) is 12.7 Å². The van der Waals surface area contributed by atoms with Crippen molar-refractivity contribution in [3.63, 3.8) is 0 Å². The maximum absolute atomic E-state index is 13.0. The van der Waals surface area contributed by atoms with E-state index in [0.717, 1.165) is 33.6 Å². The lowest BCUT2D eigenvalue weighted by atomic mass is 10.00. The van der Waals surface area contributed by atoms with E-state index in [0.29, 0.717) is 21.9 Å². The van der Waals surface area contributed by atoms with Crippen LogP contribution in [0.3, 0.4) is 0 Å². The minimum absolute atomic E-state index is 0.0513. The number of alkyl halides is 3. The van der Waals surface area contributed by atoms with Crippen LogP contribution in [0.2, 0.25) is 5.02 Å². The summed E-state index contributed by atoms with van der Waals surface area (Å²) >= 11 is 6.04. The molecule has 3 heterocycles. The molecule has 0 aliphatic carbocycles. The summed E-state index contributed by atoms with van der Waals surface area (Å²) in [6.07, 6.45) is -3.45. The van der Waals surface area contributed by atoms with Crippen molar-refractivity contribution in [1.29, 1.82) is 0 Å². The van der Waals surface area contributed by atoms with Gasteiger partial charge in [0, 0.05) is 22.3 Å².